The summed E-state index contributed by atoms with van der Waals surface area (Å²) in [5.41, 5.74) is 6.98. The lowest BCUT2D eigenvalue weighted by Gasteiger charge is -2.39. The van der Waals surface area contributed by atoms with Crippen LogP contribution in [-0.4, -0.2) is 71.5 Å². The lowest BCUT2D eigenvalue weighted by molar-refractivity contribution is -0.140. The molecule has 0 unspecified atom stereocenters. The largest absolute Gasteiger partial charge is 0.383 e. The minimum Gasteiger partial charge on any atom is -0.383 e. The molecule has 1 fully saturated rings. The van der Waals surface area contributed by atoms with E-state index in [1.165, 1.54) is 11.8 Å². The second kappa shape index (κ2) is 7.79. The molecular weight excluding hydrogens is 348 g/mol. The van der Waals surface area contributed by atoms with Crippen LogP contribution in [0.3, 0.4) is 0 Å². The van der Waals surface area contributed by atoms with Crippen LogP contribution < -0.4 is 5.73 Å². The molecule has 27 heavy (non-hydrogen) atoms. The number of benzene rings is 1. The van der Waals surface area contributed by atoms with Gasteiger partial charge in [0.1, 0.15) is 6.04 Å². The number of carbonyl (C=O) groups is 3. The van der Waals surface area contributed by atoms with E-state index in [-0.39, 0.29) is 24.9 Å². The summed E-state index contributed by atoms with van der Waals surface area (Å²) < 4.78 is 7.14. The molecule has 8 heteroatoms. The van der Waals surface area contributed by atoms with Crippen LogP contribution in [0.4, 0.5) is 0 Å². The van der Waals surface area contributed by atoms with Crippen LogP contribution in [0.1, 0.15) is 17.3 Å². The van der Waals surface area contributed by atoms with Crippen molar-refractivity contribution in [3.05, 3.63) is 36.0 Å². The van der Waals surface area contributed by atoms with Crippen molar-refractivity contribution in [2.75, 3.05) is 33.4 Å². The van der Waals surface area contributed by atoms with Gasteiger partial charge >= 0.3 is 0 Å². The number of hydrogen-bond donors (Lipinski definition) is 1. The van der Waals surface area contributed by atoms with Gasteiger partial charge in [0, 0.05) is 50.8 Å². The fraction of sp³-hybridized carbons (Fsp3) is 0.421. The van der Waals surface area contributed by atoms with E-state index in [1.54, 1.807) is 12.0 Å². The summed E-state index contributed by atoms with van der Waals surface area (Å²) in [5, 5.41) is 0.850. The molecule has 3 amide bonds. The molecule has 2 aromatic rings. The van der Waals surface area contributed by atoms with E-state index in [1.807, 2.05) is 35.0 Å². The zero-order chi connectivity index (χ0) is 19.6. The summed E-state index contributed by atoms with van der Waals surface area (Å²) in [5.74, 6) is -0.996. The molecule has 144 valence electrons. The van der Waals surface area contributed by atoms with E-state index >= 15 is 0 Å². The van der Waals surface area contributed by atoms with E-state index in [9.17, 15) is 14.4 Å². The van der Waals surface area contributed by atoms with Gasteiger partial charge in [0.05, 0.1) is 18.7 Å². The molecular formula is C19H24N4O4. The standard InChI is InChI=1S/C19H24N4O4/c1-13(24)23-8-7-22(12-17(23)18(20)25)19(26)15-11-21(9-10-27-2)16-6-4-3-5-14(15)16/h3-6,11,17H,7-10,12H2,1-2H3,(H2,20,25)/t17-/m0/s1. The van der Waals surface area contributed by atoms with Gasteiger partial charge in [0.25, 0.3) is 5.91 Å². The Kier molecular flexibility index (Phi) is 5.46. The molecule has 3 rings (SSSR count). The molecule has 1 aliphatic heterocycles. The van der Waals surface area contributed by atoms with Gasteiger partial charge in [-0.1, -0.05) is 18.2 Å². The molecule has 1 atom stereocenters. The molecule has 8 nitrogen and oxygen atoms in total. The Bertz CT molecular complexity index is 876. The van der Waals surface area contributed by atoms with Crippen LogP contribution in [0.15, 0.2) is 30.5 Å². The second-order valence-electron chi connectivity index (χ2n) is 6.63. The average molecular weight is 372 g/mol. The Morgan fingerprint density at radius 3 is 2.63 bits per heavy atom. The number of para-hydroxylation sites is 1. The van der Waals surface area contributed by atoms with Gasteiger partial charge in [-0.2, -0.15) is 0 Å². The Hall–Kier alpha value is -2.87. The number of carbonyl (C=O) groups excluding carboxylic acids is 3. The van der Waals surface area contributed by atoms with Crippen molar-refractivity contribution >= 4 is 28.6 Å². The highest BCUT2D eigenvalue weighted by atomic mass is 16.5. The maximum atomic E-state index is 13.2. The number of primary amides is 1. The highest BCUT2D eigenvalue weighted by Crippen LogP contribution is 2.24. The van der Waals surface area contributed by atoms with Crippen molar-refractivity contribution < 1.29 is 19.1 Å². The van der Waals surface area contributed by atoms with E-state index in [4.69, 9.17) is 10.5 Å². The number of nitrogens with two attached hydrogens (primary N) is 1. The summed E-state index contributed by atoms with van der Waals surface area (Å²) in [7, 11) is 1.64. The molecule has 0 saturated carbocycles. The zero-order valence-electron chi connectivity index (χ0n) is 15.6. The van der Waals surface area contributed by atoms with Crippen molar-refractivity contribution in [3.8, 4) is 0 Å². The van der Waals surface area contributed by atoms with Crippen LogP contribution >= 0.6 is 0 Å². The zero-order valence-corrected chi connectivity index (χ0v) is 15.6. The molecule has 1 aliphatic rings. The summed E-state index contributed by atoms with van der Waals surface area (Å²) >= 11 is 0. The number of rotatable bonds is 5. The first-order valence-electron chi connectivity index (χ1n) is 8.86. The highest BCUT2D eigenvalue weighted by Gasteiger charge is 2.35. The monoisotopic (exact) mass is 372 g/mol. The van der Waals surface area contributed by atoms with E-state index in [2.05, 4.69) is 0 Å². The molecule has 1 aromatic carbocycles. The Balaban J connectivity index is 1.90. The number of aromatic nitrogens is 1. The first kappa shape index (κ1) is 18.9. The third-order valence-corrected chi connectivity index (χ3v) is 4.96. The minimum absolute atomic E-state index is 0.103. The highest BCUT2D eigenvalue weighted by molar-refractivity contribution is 6.07. The fourth-order valence-corrected chi connectivity index (χ4v) is 3.55. The van der Waals surface area contributed by atoms with Crippen molar-refractivity contribution in [2.24, 2.45) is 5.73 Å². The number of nitrogens with zero attached hydrogens (tertiary/aromatic N) is 3. The Labute approximate surface area is 157 Å². The Morgan fingerprint density at radius 1 is 1.22 bits per heavy atom. The van der Waals surface area contributed by atoms with Gasteiger partial charge in [-0.05, 0) is 6.07 Å². The maximum absolute atomic E-state index is 13.2. The average Bonchev–Trinajstić information content (AvgIpc) is 3.04. The number of fused-ring (bicyclic) bond motifs is 1. The lowest BCUT2D eigenvalue weighted by atomic mass is 10.1. The van der Waals surface area contributed by atoms with Crippen LogP contribution in [-0.2, 0) is 20.9 Å². The molecule has 0 radical (unpaired) electrons. The van der Waals surface area contributed by atoms with Crippen molar-refractivity contribution in [2.45, 2.75) is 19.5 Å². The Morgan fingerprint density at radius 2 is 1.96 bits per heavy atom. The van der Waals surface area contributed by atoms with E-state index < -0.39 is 11.9 Å². The van der Waals surface area contributed by atoms with Gasteiger partial charge in [-0.3, -0.25) is 14.4 Å². The minimum atomic E-state index is -0.804. The molecule has 1 saturated heterocycles. The number of piperazine rings is 1. The SMILES string of the molecule is COCCn1cc(C(=O)N2CCN(C(C)=O)[C@H](C(N)=O)C2)c2ccccc21. The summed E-state index contributed by atoms with van der Waals surface area (Å²) in [6, 6.07) is 6.88. The molecule has 0 bridgehead atoms. The van der Waals surface area contributed by atoms with Gasteiger partial charge in [0.2, 0.25) is 11.8 Å². The van der Waals surface area contributed by atoms with Crippen LogP contribution in [0.25, 0.3) is 10.9 Å². The molecule has 2 heterocycles. The van der Waals surface area contributed by atoms with Crippen LogP contribution in [0, 0.1) is 0 Å². The quantitative estimate of drug-likeness (QED) is 0.824. The number of ether oxygens (including phenoxy) is 1. The molecule has 1 aromatic heterocycles. The first-order valence-corrected chi connectivity index (χ1v) is 8.86. The van der Waals surface area contributed by atoms with Crippen molar-refractivity contribution in [1.29, 1.82) is 0 Å². The smallest absolute Gasteiger partial charge is 0.256 e. The predicted molar refractivity (Wildman–Crippen MR) is 100 cm³/mol. The third-order valence-electron chi connectivity index (χ3n) is 4.96. The van der Waals surface area contributed by atoms with Gasteiger partial charge in [-0.25, -0.2) is 0 Å². The topological polar surface area (TPSA) is 97.9 Å². The first-order chi connectivity index (χ1) is 12.9. The van der Waals surface area contributed by atoms with Gasteiger partial charge < -0.3 is 24.8 Å². The third kappa shape index (κ3) is 3.66. The van der Waals surface area contributed by atoms with Gasteiger partial charge in [0.15, 0.2) is 0 Å². The second-order valence-corrected chi connectivity index (χ2v) is 6.63. The molecule has 0 spiro atoms. The van der Waals surface area contributed by atoms with Crippen LogP contribution in [0.5, 0.6) is 0 Å². The summed E-state index contributed by atoms with van der Waals surface area (Å²) in [6.07, 6.45) is 1.82. The van der Waals surface area contributed by atoms with Gasteiger partial charge in [-0.15, -0.1) is 0 Å². The maximum Gasteiger partial charge on any atom is 0.256 e. The normalized spacial score (nSPS) is 17.3. The number of amides is 3. The summed E-state index contributed by atoms with van der Waals surface area (Å²) in [6.45, 7) is 3.32. The van der Waals surface area contributed by atoms with Crippen molar-refractivity contribution in [1.82, 2.24) is 14.4 Å². The predicted octanol–water partition coefficient (Wildman–Crippen LogP) is 0.446. The van der Waals surface area contributed by atoms with Crippen LogP contribution in [0.2, 0.25) is 0 Å². The summed E-state index contributed by atoms with van der Waals surface area (Å²) in [4.78, 5) is 39.7. The van der Waals surface area contributed by atoms with E-state index in [0.717, 1.165) is 10.9 Å². The van der Waals surface area contributed by atoms with Crippen molar-refractivity contribution in [3.63, 3.8) is 0 Å². The number of methoxy groups -OCH3 is 1. The fourth-order valence-electron chi connectivity index (χ4n) is 3.55. The molecule has 0 aliphatic carbocycles. The van der Waals surface area contributed by atoms with E-state index in [0.29, 0.717) is 25.3 Å². The number of hydrogen-bond acceptors (Lipinski definition) is 4. The molecule has 2 N–H and O–H groups in total. The lowest BCUT2D eigenvalue weighted by Crippen LogP contribution is -2.60.